The second kappa shape index (κ2) is 6.31. The minimum atomic E-state index is -4.21. The van der Waals surface area contributed by atoms with Crippen LogP contribution < -0.4 is 10.5 Å². The molecule has 1 aromatic rings. The van der Waals surface area contributed by atoms with Crippen molar-refractivity contribution in [1.82, 2.24) is 0 Å². The van der Waals surface area contributed by atoms with Crippen LogP contribution in [0.4, 0.5) is 18.9 Å². The number of esters is 1. The number of hydrogen-bond acceptors (Lipinski definition) is 4. The number of carbonyl (C=O) groups excluding carboxylic acids is 1. The lowest BCUT2D eigenvalue weighted by Crippen LogP contribution is -2.11. The van der Waals surface area contributed by atoms with Gasteiger partial charge in [-0.05, 0) is 24.6 Å². The molecule has 0 heterocycles. The molecule has 0 saturated heterocycles. The van der Waals surface area contributed by atoms with Crippen LogP contribution in [-0.2, 0) is 4.74 Å². The predicted molar refractivity (Wildman–Crippen MR) is 63.0 cm³/mol. The van der Waals surface area contributed by atoms with Crippen LogP contribution in [0.1, 0.15) is 23.2 Å². The maximum Gasteiger partial charge on any atom is 0.389 e. The first-order chi connectivity index (χ1) is 8.83. The predicted octanol–water partition coefficient (Wildman–Crippen LogP) is 2.78. The molecule has 7 heteroatoms. The molecule has 0 amide bonds. The summed E-state index contributed by atoms with van der Waals surface area (Å²) in [4.78, 5) is 11.4. The number of ether oxygens (including phenoxy) is 2. The van der Waals surface area contributed by atoms with Gasteiger partial charge in [0.1, 0.15) is 11.3 Å². The van der Waals surface area contributed by atoms with Gasteiger partial charge in [-0.15, -0.1) is 0 Å². The molecule has 106 valence electrons. The number of benzene rings is 1. The van der Waals surface area contributed by atoms with Gasteiger partial charge in [0.05, 0.1) is 13.7 Å². The first-order valence-electron chi connectivity index (χ1n) is 5.51. The van der Waals surface area contributed by atoms with E-state index < -0.39 is 18.6 Å². The fourth-order valence-corrected chi connectivity index (χ4v) is 1.40. The molecular weight excluding hydrogens is 263 g/mol. The molecule has 0 aliphatic rings. The number of carbonyl (C=O) groups is 1. The van der Waals surface area contributed by atoms with E-state index in [0.717, 1.165) is 0 Å². The second-order valence-electron chi connectivity index (χ2n) is 3.81. The maximum absolute atomic E-state index is 12.0. The van der Waals surface area contributed by atoms with Crippen molar-refractivity contribution in [2.24, 2.45) is 0 Å². The van der Waals surface area contributed by atoms with E-state index in [-0.39, 0.29) is 24.3 Å². The van der Waals surface area contributed by atoms with Crippen molar-refractivity contribution >= 4 is 11.7 Å². The third kappa shape index (κ3) is 5.07. The quantitative estimate of drug-likeness (QED) is 0.510. The van der Waals surface area contributed by atoms with Crippen molar-refractivity contribution in [2.75, 3.05) is 19.5 Å². The van der Waals surface area contributed by atoms with Crippen LogP contribution in [0, 0.1) is 0 Å². The lowest BCUT2D eigenvalue weighted by molar-refractivity contribution is -0.136. The van der Waals surface area contributed by atoms with Crippen molar-refractivity contribution < 1.29 is 27.4 Å². The molecule has 0 radical (unpaired) electrons. The zero-order chi connectivity index (χ0) is 14.5. The van der Waals surface area contributed by atoms with Crippen LogP contribution in [0.3, 0.4) is 0 Å². The van der Waals surface area contributed by atoms with E-state index in [1.807, 2.05) is 0 Å². The number of alkyl halides is 3. The molecule has 0 fully saturated rings. The first kappa shape index (κ1) is 15.1. The van der Waals surface area contributed by atoms with Gasteiger partial charge >= 0.3 is 12.1 Å². The van der Waals surface area contributed by atoms with Gasteiger partial charge in [-0.25, -0.2) is 4.79 Å². The van der Waals surface area contributed by atoms with Gasteiger partial charge in [-0.2, -0.15) is 13.2 Å². The Hall–Kier alpha value is -1.92. The maximum atomic E-state index is 12.0. The van der Waals surface area contributed by atoms with E-state index in [2.05, 4.69) is 4.74 Å². The van der Waals surface area contributed by atoms with Gasteiger partial charge in [0.15, 0.2) is 0 Å². The lowest BCUT2D eigenvalue weighted by Gasteiger charge is -2.11. The standard InChI is InChI=1S/C12H14F3NO3/c1-18-11(17)9-7-8(16)3-4-10(9)19-6-2-5-12(13,14)15/h3-4,7H,2,5-6,16H2,1H3. The van der Waals surface area contributed by atoms with Gasteiger partial charge in [0, 0.05) is 12.1 Å². The SMILES string of the molecule is COC(=O)c1cc(N)ccc1OCCCC(F)(F)F. The Kier molecular flexibility index (Phi) is 5.02. The van der Waals surface area contributed by atoms with Gasteiger partial charge in [-0.3, -0.25) is 0 Å². The highest BCUT2D eigenvalue weighted by Gasteiger charge is 2.26. The Morgan fingerprint density at radius 1 is 1.37 bits per heavy atom. The van der Waals surface area contributed by atoms with Crippen molar-refractivity contribution in [2.45, 2.75) is 19.0 Å². The van der Waals surface area contributed by atoms with E-state index in [1.165, 1.54) is 25.3 Å². The number of rotatable bonds is 5. The van der Waals surface area contributed by atoms with E-state index >= 15 is 0 Å². The van der Waals surface area contributed by atoms with Crippen molar-refractivity contribution in [3.63, 3.8) is 0 Å². The largest absolute Gasteiger partial charge is 0.493 e. The van der Waals surface area contributed by atoms with Crippen molar-refractivity contribution in [3.8, 4) is 5.75 Å². The Labute approximate surface area is 108 Å². The average molecular weight is 277 g/mol. The minimum Gasteiger partial charge on any atom is -0.493 e. The molecule has 0 aliphatic carbocycles. The molecular formula is C12H14F3NO3. The smallest absolute Gasteiger partial charge is 0.389 e. The highest BCUT2D eigenvalue weighted by Crippen LogP contribution is 2.24. The summed E-state index contributed by atoms with van der Waals surface area (Å²) in [6, 6.07) is 4.27. The number of nitrogen functional groups attached to an aromatic ring is 1. The second-order valence-corrected chi connectivity index (χ2v) is 3.81. The van der Waals surface area contributed by atoms with Crippen LogP contribution in [-0.4, -0.2) is 25.9 Å². The molecule has 1 rings (SSSR count). The molecule has 0 unspecified atom stereocenters. The third-order valence-electron chi connectivity index (χ3n) is 2.27. The molecule has 19 heavy (non-hydrogen) atoms. The fourth-order valence-electron chi connectivity index (χ4n) is 1.40. The Morgan fingerprint density at radius 3 is 2.63 bits per heavy atom. The fraction of sp³-hybridized carbons (Fsp3) is 0.417. The summed E-state index contributed by atoms with van der Waals surface area (Å²) in [5.74, 6) is -0.499. The van der Waals surface area contributed by atoms with Crippen LogP contribution in [0.2, 0.25) is 0 Å². The molecule has 1 aromatic carbocycles. The molecule has 0 aliphatic heterocycles. The van der Waals surface area contributed by atoms with E-state index in [1.54, 1.807) is 0 Å². The van der Waals surface area contributed by atoms with E-state index in [9.17, 15) is 18.0 Å². The van der Waals surface area contributed by atoms with Crippen molar-refractivity contribution in [1.29, 1.82) is 0 Å². The van der Waals surface area contributed by atoms with Gasteiger partial charge in [0.25, 0.3) is 0 Å². The van der Waals surface area contributed by atoms with Crippen LogP contribution >= 0.6 is 0 Å². The molecule has 4 nitrogen and oxygen atoms in total. The summed E-state index contributed by atoms with van der Waals surface area (Å²) in [5.41, 5.74) is 5.95. The van der Waals surface area contributed by atoms with Crippen LogP contribution in [0.25, 0.3) is 0 Å². The highest BCUT2D eigenvalue weighted by molar-refractivity contribution is 5.93. The number of methoxy groups -OCH3 is 1. The lowest BCUT2D eigenvalue weighted by atomic mass is 10.2. The summed E-state index contributed by atoms with van der Waals surface area (Å²) < 4.78 is 45.5. The Bertz CT molecular complexity index is 446. The molecule has 2 N–H and O–H groups in total. The minimum absolute atomic E-state index is 0.0921. The van der Waals surface area contributed by atoms with Crippen molar-refractivity contribution in [3.05, 3.63) is 23.8 Å². The Balaban J connectivity index is 2.65. The average Bonchev–Trinajstić information content (AvgIpc) is 2.33. The first-order valence-corrected chi connectivity index (χ1v) is 5.51. The number of halogens is 3. The molecule has 0 bridgehead atoms. The summed E-state index contributed by atoms with van der Waals surface area (Å²) in [7, 11) is 1.19. The van der Waals surface area contributed by atoms with E-state index in [4.69, 9.17) is 10.5 Å². The molecule has 0 saturated carbocycles. The summed E-state index contributed by atoms with van der Waals surface area (Å²) in [6.45, 7) is -0.145. The highest BCUT2D eigenvalue weighted by atomic mass is 19.4. The zero-order valence-corrected chi connectivity index (χ0v) is 10.3. The monoisotopic (exact) mass is 277 g/mol. The molecule has 0 aromatic heterocycles. The zero-order valence-electron chi connectivity index (χ0n) is 10.3. The number of anilines is 1. The summed E-state index contributed by atoms with van der Waals surface area (Å²) in [5, 5.41) is 0. The van der Waals surface area contributed by atoms with Gasteiger partial charge in [-0.1, -0.05) is 0 Å². The van der Waals surface area contributed by atoms with Crippen LogP contribution in [0.15, 0.2) is 18.2 Å². The molecule has 0 atom stereocenters. The normalized spacial score (nSPS) is 11.2. The molecule has 0 spiro atoms. The summed E-state index contributed by atoms with van der Waals surface area (Å²) in [6.07, 6.45) is -5.33. The van der Waals surface area contributed by atoms with Crippen LogP contribution in [0.5, 0.6) is 5.75 Å². The number of nitrogens with two attached hydrogens (primary N) is 1. The third-order valence-corrected chi connectivity index (χ3v) is 2.27. The summed E-state index contributed by atoms with van der Waals surface area (Å²) >= 11 is 0. The van der Waals surface area contributed by atoms with E-state index in [0.29, 0.717) is 5.69 Å². The topological polar surface area (TPSA) is 61.5 Å². The number of hydrogen-bond donors (Lipinski definition) is 1. The van der Waals surface area contributed by atoms with Gasteiger partial charge in [0.2, 0.25) is 0 Å². The van der Waals surface area contributed by atoms with Gasteiger partial charge < -0.3 is 15.2 Å². The Morgan fingerprint density at radius 2 is 2.05 bits per heavy atom.